The number of hydrogen-bond acceptors (Lipinski definition) is 2. The van der Waals surface area contributed by atoms with Crippen molar-refractivity contribution in [2.75, 3.05) is 26.7 Å². The second-order valence-corrected chi connectivity index (χ2v) is 6.50. The zero-order valence-electron chi connectivity index (χ0n) is 11.4. The minimum absolute atomic E-state index is 0.0836. The van der Waals surface area contributed by atoms with E-state index in [4.69, 9.17) is 0 Å². The molecule has 1 fully saturated rings. The van der Waals surface area contributed by atoms with Crippen LogP contribution in [-0.4, -0.2) is 47.9 Å². The van der Waals surface area contributed by atoms with Gasteiger partial charge in [-0.3, -0.25) is 9.69 Å². The SMILES string of the molecule is CN1CCN(C(=O)c2ccc(Br)cc2F)CC1(C)C. The number of benzene rings is 1. The van der Waals surface area contributed by atoms with E-state index < -0.39 is 5.82 Å². The van der Waals surface area contributed by atoms with E-state index in [1.807, 2.05) is 7.05 Å². The molecule has 5 heteroatoms. The van der Waals surface area contributed by atoms with Gasteiger partial charge in [0.1, 0.15) is 5.82 Å². The van der Waals surface area contributed by atoms with Crippen molar-refractivity contribution in [1.82, 2.24) is 9.80 Å². The minimum Gasteiger partial charge on any atom is -0.335 e. The van der Waals surface area contributed by atoms with Gasteiger partial charge in [-0.05, 0) is 39.1 Å². The molecule has 2 rings (SSSR count). The summed E-state index contributed by atoms with van der Waals surface area (Å²) in [7, 11) is 2.04. The molecule has 1 aromatic carbocycles. The first-order valence-corrected chi connectivity index (χ1v) is 7.06. The molecule has 1 heterocycles. The van der Waals surface area contributed by atoms with Gasteiger partial charge in [0.05, 0.1) is 5.56 Å². The number of carbonyl (C=O) groups excluding carboxylic acids is 1. The van der Waals surface area contributed by atoms with Gasteiger partial charge in [0.2, 0.25) is 0 Å². The van der Waals surface area contributed by atoms with Gasteiger partial charge in [-0.25, -0.2) is 4.39 Å². The molecule has 1 aliphatic rings. The van der Waals surface area contributed by atoms with Crippen LogP contribution in [0.3, 0.4) is 0 Å². The van der Waals surface area contributed by atoms with E-state index in [1.165, 1.54) is 12.1 Å². The maximum atomic E-state index is 13.8. The Kier molecular flexibility index (Phi) is 3.97. The number of nitrogens with zero attached hydrogens (tertiary/aromatic N) is 2. The number of carbonyl (C=O) groups is 1. The third-order valence-corrected chi connectivity index (χ3v) is 4.26. The van der Waals surface area contributed by atoms with Gasteiger partial charge in [0.15, 0.2) is 0 Å². The third-order valence-electron chi connectivity index (χ3n) is 3.77. The van der Waals surface area contributed by atoms with Crippen molar-refractivity contribution < 1.29 is 9.18 Å². The highest BCUT2D eigenvalue weighted by Gasteiger charge is 2.34. The number of halogens is 2. The van der Waals surface area contributed by atoms with Crippen molar-refractivity contribution in [3.8, 4) is 0 Å². The summed E-state index contributed by atoms with van der Waals surface area (Å²) in [5.74, 6) is -0.706. The van der Waals surface area contributed by atoms with Crippen LogP contribution < -0.4 is 0 Å². The molecule has 1 aromatic rings. The Hall–Kier alpha value is -0.940. The number of hydrogen-bond donors (Lipinski definition) is 0. The van der Waals surface area contributed by atoms with E-state index in [1.54, 1.807) is 11.0 Å². The molecule has 19 heavy (non-hydrogen) atoms. The molecule has 0 unspecified atom stereocenters. The Bertz CT molecular complexity index is 504. The normalized spacial score (nSPS) is 19.5. The average Bonchev–Trinajstić information content (AvgIpc) is 2.32. The first-order chi connectivity index (χ1) is 8.81. The number of amides is 1. The second kappa shape index (κ2) is 5.21. The first kappa shape index (κ1) is 14.5. The zero-order valence-corrected chi connectivity index (χ0v) is 13.0. The summed E-state index contributed by atoms with van der Waals surface area (Å²) in [6.07, 6.45) is 0. The molecule has 0 radical (unpaired) electrons. The molecule has 1 aliphatic heterocycles. The predicted molar refractivity (Wildman–Crippen MR) is 76.7 cm³/mol. The molecule has 0 spiro atoms. The van der Waals surface area contributed by atoms with Gasteiger partial charge >= 0.3 is 0 Å². The molecule has 0 aromatic heterocycles. The van der Waals surface area contributed by atoms with Crippen LogP contribution in [0.5, 0.6) is 0 Å². The second-order valence-electron chi connectivity index (χ2n) is 5.58. The van der Waals surface area contributed by atoms with Crippen molar-refractivity contribution in [2.45, 2.75) is 19.4 Å². The van der Waals surface area contributed by atoms with Gasteiger partial charge in [0, 0.05) is 29.6 Å². The number of rotatable bonds is 1. The van der Waals surface area contributed by atoms with E-state index in [2.05, 4.69) is 34.7 Å². The molecule has 0 saturated carbocycles. The van der Waals surface area contributed by atoms with Crippen LogP contribution in [0.15, 0.2) is 22.7 Å². The summed E-state index contributed by atoms with van der Waals surface area (Å²) >= 11 is 3.20. The Morgan fingerprint density at radius 3 is 2.63 bits per heavy atom. The quantitative estimate of drug-likeness (QED) is 0.791. The van der Waals surface area contributed by atoms with Crippen LogP contribution in [0.4, 0.5) is 4.39 Å². The summed E-state index contributed by atoms with van der Waals surface area (Å²) in [6.45, 7) is 6.22. The molecule has 0 aliphatic carbocycles. The summed E-state index contributed by atoms with van der Waals surface area (Å²) < 4.78 is 14.5. The lowest BCUT2D eigenvalue weighted by Gasteiger charge is -2.45. The number of likely N-dealkylation sites (N-methyl/N-ethyl adjacent to an activating group) is 1. The zero-order chi connectivity index (χ0) is 14.2. The summed E-state index contributed by atoms with van der Waals surface area (Å²) in [5.41, 5.74) is 0.0586. The highest BCUT2D eigenvalue weighted by molar-refractivity contribution is 9.10. The molecule has 104 valence electrons. The smallest absolute Gasteiger partial charge is 0.256 e. The maximum absolute atomic E-state index is 13.8. The molecule has 0 N–H and O–H groups in total. The van der Waals surface area contributed by atoms with Crippen LogP contribution in [0, 0.1) is 5.82 Å². The topological polar surface area (TPSA) is 23.6 Å². The molecular weight excluding hydrogens is 311 g/mol. The van der Waals surface area contributed by atoms with E-state index in [-0.39, 0.29) is 17.0 Å². The maximum Gasteiger partial charge on any atom is 0.256 e. The number of piperazine rings is 1. The standard InChI is InChI=1S/C14H18BrFN2O/c1-14(2)9-18(7-6-17(14)3)13(19)11-5-4-10(15)8-12(11)16/h4-5,8H,6-7,9H2,1-3H3. The fourth-order valence-corrected chi connectivity index (χ4v) is 2.58. The summed E-state index contributed by atoms with van der Waals surface area (Å²) in [5, 5.41) is 0. The van der Waals surface area contributed by atoms with E-state index in [9.17, 15) is 9.18 Å². The Morgan fingerprint density at radius 2 is 2.05 bits per heavy atom. The lowest BCUT2D eigenvalue weighted by molar-refractivity contribution is 0.0308. The van der Waals surface area contributed by atoms with Gasteiger partial charge in [-0.1, -0.05) is 15.9 Å². The van der Waals surface area contributed by atoms with Crippen molar-refractivity contribution in [1.29, 1.82) is 0 Å². The van der Waals surface area contributed by atoms with Crippen molar-refractivity contribution in [3.05, 3.63) is 34.1 Å². The highest BCUT2D eigenvalue weighted by Crippen LogP contribution is 2.22. The largest absolute Gasteiger partial charge is 0.335 e. The lowest BCUT2D eigenvalue weighted by atomic mass is 9.99. The van der Waals surface area contributed by atoms with Gasteiger partial charge < -0.3 is 4.90 Å². The molecule has 1 saturated heterocycles. The van der Waals surface area contributed by atoms with E-state index in [0.29, 0.717) is 17.6 Å². The molecule has 1 amide bonds. The van der Waals surface area contributed by atoms with Crippen LogP contribution in [0.25, 0.3) is 0 Å². The van der Waals surface area contributed by atoms with Crippen LogP contribution in [-0.2, 0) is 0 Å². The van der Waals surface area contributed by atoms with Crippen molar-refractivity contribution in [3.63, 3.8) is 0 Å². The van der Waals surface area contributed by atoms with Crippen LogP contribution in [0.1, 0.15) is 24.2 Å². The van der Waals surface area contributed by atoms with E-state index >= 15 is 0 Å². The summed E-state index contributed by atoms with van der Waals surface area (Å²) in [6, 6.07) is 4.55. The highest BCUT2D eigenvalue weighted by atomic mass is 79.9. The Labute approximate surface area is 121 Å². The van der Waals surface area contributed by atoms with Crippen LogP contribution >= 0.6 is 15.9 Å². The van der Waals surface area contributed by atoms with Gasteiger partial charge in [-0.2, -0.15) is 0 Å². The average molecular weight is 329 g/mol. The lowest BCUT2D eigenvalue weighted by Crippen LogP contribution is -2.58. The van der Waals surface area contributed by atoms with Gasteiger partial charge in [-0.15, -0.1) is 0 Å². The van der Waals surface area contributed by atoms with Gasteiger partial charge in [0.25, 0.3) is 5.91 Å². The molecule has 0 bridgehead atoms. The van der Waals surface area contributed by atoms with Crippen molar-refractivity contribution in [2.24, 2.45) is 0 Å². The monoisotopic (exact) mass is 328 g/mol. The minimum atomic E-state index is -0.476. The molecule has 3 nitrogen and oxygen atoms in total. The predicted octanol–water partition coefficient (Wildman–Crippen LogP) is 2.75. The summed E-state index contributed by atoms with van der Waals surface area (Å²) in [4.78, 5) is 16.3. The first-order valence-electron chi connectivity index (χ1n) is 6.27. The molecular formula is C14H18BrFN2O. The third kappa shape index (κ3) is 2.98. The Morgan fingerprint density at radius 1 is 1.37 bits per heavy atom. The molecule has 0 atom stereocenters. The van der Waals surface area contributed by atoms with Crippen molar-refractivity contribution >= 4 is 21.8 Å². The Balaban J connectivity index is 2.21. The fourth-order valence-electron chi connectivity index (χ4n) is 2.25. The van der Waals surface area contributed by atoms with Crippen LogP contribution in [0.2, 0.25) is 0 Å². The van der Waals surface area contributed by atoms with E-state index in [0.717, 1.165) is 6.54 Å². The fraction of sp³-hybridized carbons (Fsp3) is 0.500.